The van der Waals surface area contributed by atoms with E-state index in [4.69, 9.17) is 10.8 Å². The van der Waals surface area contributed by atoms with Gasteiger partial charge >= 0.3 is 5.97 Å². The summed E-state index contributed by atoms with van der Waals surface area (Å²) in [6, 6.07) is 6.79. The van der Waals surface area contributed by atoms with Gasteiger partial charge in [0.05, 0.1) is 17.6 Å². The summed E-state index contributed by atoms with van der Waals surface area (Å²) in [7, 11) is 0. The summed E-state index contributed by atoms with van der Waals surface area (Å²) < 4.78 is 1.62. The Kier molecular flexibility index (Phi) is 3.38. The zero-order valence-electron chi connectivity index (χ0n) is 9.95. The monoisotopic (exact) mass is 246 g/mol. The maximum Gasteiger partial charge on any atom is 0.320 e. The van der Waals surface area contributed by atoms with Crippen molar-refractivity contribution < 1.29 is 9.90 Å². The third-order valence-electron chi connectivity index (χ3n) is 2.65. The number of rotatable bonds is 4. The fraction of sp³-hybridized carbons (Fsp3) is 0.250. The lowest BCUT2D eigenvalue weighted by Gasteiger charge is -2.03. The molecule has 6 nitrogen and oxygen atoms in total. The number of hydrogen-bond acceptors (Lipinski definition) is 4. The molecular weight excluding hydrogens is 232 g/mol. The number of carboxylic acids is 1. The summed E-state index contributed by atoms with van der Waals surface area (Å²) in [5.41, 5.74) is 8.00. The Labute approximate surface area is 104 Å². The second-order valence-electron chi connectivity index (χ2n) is 4.09. The van der Waals surface area contributed by atoms with Crippen molar-refractivity contribution in [3.05, 3.63) is 41.7 Å². The van der Waals surface area contributed by atoms with Crippen molar-refractivity contribution in [1.82, 2.24) is 15.0 Å². The van der Waals surface area contributed by atoms with Crippen LogP contribution in [-0.2, 0) is 11.2 Å². The molecule has 0 spiro atoms. The Morgan fingerprint density at radius 2 is 2.22 bits per heavy atom. The van der Waals surface area contributed by atoms with Gasteiger partial charge in [0, 0.05) is 6.42 Å². The van der Waals surface area contributed by atoms with E-state index in [9.17, 15) is 4.79 Å². The molecule has 0 saturated heterocycles. The summed E-state index contributed by atoms with van der Waals surface area (Å²) >= 11 is 0. The van der Waals surface area contributed by atoms with Gasteiger partial charge in [-0.15, -0.1) is 5.10 Å². The number of nitrogens with zero attached hydrogens (tertiary/aromatic N) is 3. The first-order valence-corrected chi connectivity index (χ1v) is 5.53. The van der Waals surface area contributed by atoms with Gasteiger partial charge in [0.25, 0.3) is 0 Å². The highest BCUT2D eigenvalue weighted by Gasteiger charge is 2.14. The maximum atomic E-state index is 10.7. The summed E-state index contributed by atoms with van der Waals surface area (Å²) in [5, 5.41) is 16.6. The van der Waals surface area contributed by atoms with E-state index >= 15 is 0 Å². The molecular formula is C12H14N4O2. The minimum absolute atomic E-state index is 0.168. The van der Waals surface area contributed by atoms with Crippen LogP contribution in [0.3, 0.4) is 0 Å². The Morgan fingerprint density at radius 1 is 1.50 bits per heavy atom. The zero-order chi connectivity index (χ0) is 13.1. The molecule has 0 fully saturated rings. The highest BCUT2D eigenvalue weighted by Crippen LogP contribution is 2.12. The standard InChI is InChI=1S/C12H14N4O2/c1-8-4-2-3-5-11(8)16-7-9(14-15-16)6-10(13)12(17)18/h2-5,7,10H,6,13H2,1H3,(H,17,18)/t10-/m0/s1. The molecule has 0 aliphatic rings. The van der Waals surface area contributed by atoms with Crippen molar-refractivity contribution in [3.8, 4) is 5.69 Å². The minimum atomic E-state index is -1.04. The number of hydrogen-bond donors (Lipinski definition) is 2. The van der Waals surface area contributed by atoms with Crippen LogP contribution in [0, 0.1) is 6.92 Å². The smallest absolute Gasteiger partial charge is 0.320 e. The molecule has 2 aromatic rings. The largest absolute Gasteiger partial charge is 0.480 e. The molecule has 0 aliphatic carbocycles. The Bertz CT molecular complexity index is 565. The first-order chi connectivity index (χ1) is 8.58. The van der Waals surface area contributed by atoms with E-state index in [-0.39, 0.29) is 6.42 Å². The van der Waals surface area contributed by atoms with Gasteiger partial charge in [0.15, 0.2) is 0 Å². The molecule has 2 rings (SSSR count). The fourth-order valence-corrected chi connectivity index (χ4v) is 1.64. The van der Waals surface area contributed by atoms with Crippen LogP contribution < -0.4 is 5.73 Å². The lowest BCUT2D eigenvalue weighted by Crippen LogP contribution is -2.32. The number of nitrogens with two attached hydrogens (primary N) is 1. The molecule has 18 heavy (non-hydrogen) atoms. The van der Waals surface area contributed by atoms with E-state index in [0.29, 0.717) is 5.69 Å². The molecule has 1 atom stereocenters. The maximum absolute atomic E-state index is 10.7. The van der Waals surface area contributed by atoms with Crippen LogP contribution in [-0.4, -0.2) is 32.1 Å². The molecule has 3 N–H and O–H groups in total. The van der Waals surface area contributed by atoms with Gasteiger partial charge in [-0.05, 0) is 18.6 Å². The van der Waals surface area contributed by atoms with Crippen molar-refractivity contribution in [2.45, 2.75) is 19.4 Å². The zero-order valence-corrected chi connectivity index (χ0v) is 9.95. The third-order valence-corrected chi connectivity index (χ3v) is 2.65. The van der Waals surface area contributed by atoms with Crippen LogP contribution in [0.25, 0.3) is 5.69 Å². The normalized spacial score (nSPS) is 12.3. The molecule has 0 radical (unpaired) electrons. The molecule has 1 aromatic heterocycles. The molecule has 1 aromatic carbocycles. The van der Waals surface area contributed by atoms with E-state index in [1.165, 1.54) is 0 Å². The first kappa shape index (κ1) is 12.3. The second kappa shape index (κ2) is 4.97. The van der Waals surface area contributed by atoms with Crippen LogP contribution >= 0.6 is 0 Å². The first-order valence-electron chi connectivity index (χ1n) is 5.53. The topological polar surface area (TPSA) is 94.0 Å². The molecule has 6 heteroatoms. The molecule has 0 amide bonds. The Balaban J connectivity index is 2.21. The van der Waals surface area contributed by atoms with Crippen LogP contribution in [0.4, 0.5) is 0 Å². The van der Waals surface area contributed by atoms with Gasteiger partial charge < -0.3 is 10.8 Å². The van der Waals surface area contributed by atoms with Gasteiger partial charge in [-0.3, -0.25) is 4.79 Å². The molecule has 0 aliphatic heterocycles. The van der Waals surface area contributed by atoms with Gasteiger partial charge in [-0.1, -0.05) is 23.4 Å². The van der Waals surface area contributed by atoms with Gasteiger partial charge in [-0.2, -0.15) is 0 Å². The number of para-hydroxylation sites is 1. The van der Waals surface area contributed by atoms with Gasteiger partial charge in [-0.25, -0.2) is 4.68 Å². The third kappa shape index (κ3) is 2.54. The number of aromatic nitrogens is 3. The number of carbonyl (C=O) groups is 1. The highest BCUT2D eigenvalue weighted by molar-refractivity contribution is 5.73. The highest BCUT2D eigenvalue weighted by atomic mass is 16.4. The number of benzene rings is 1. The summed E-state index contributed by atoms with van der Waals surface area (Å²) in [4.78, 5) is 10.7. The van der Waals surface area contributed by atoms with Gasteiger partial charge in [0.1, 0.15) is 6.04 Å². The van der Waals surface area contributed by atoms with E-state index in [1.54, 1.807) is 10.9 Å². The Hall–Kier alpha value is -2.21. The van der Waals surface area contributed by atoms with Gasteiger partial charge in [0.2, 0.25) is 0 Å². The number of carboxylic acid groups (broad SMARTS) is 1. The van der Waals surface area contributed by atoms with Crippen molar-refractivity contribution in [3.63, 3.8) is 0 Å². The average molecular weight is 246 g/mol. The van der Waals surface area contributed by atoms with E-state index in [1.807, 2.05) is 31.2 Å². The molecule has 0 saturated carbocycles. The minimum Gasteiger partial charge on any atom is -0.480 e. The number of aryl methyl sites for hydroxylation is 1. The van der Waals surface area contributed by atoms with Crippen molar-refractivity contribution in [1.29, 1.82) is 0 Å². The predicted octanol–water partition coefficient (Wildman–Crippen LogP) is 0.530. The summed E-state index contributed by atoms with van der Waals surface area (Å²) in [5.74, 6) is -1.04. The molecule has 1 heterocycles. The molecule has 94 valence electrons. The second-order valence-corrected chi connectivity index (χ2v) is 4.09. The Morgan fingerprint density at radius 3 is 2.89 bits per heavy atom. The van der Waals surface area contributed by atoms with Crippen LogP contribution in [0.15, 0.2) is 30.5 Å². The van der Waals surface area contributed by atoms with Crippen molar-refractivity contribution >= 4 is 5.97 Å². The summed E-state index contributed by atoms with van der Waals surface area (Å²) in [6.45, 7) is 1.97. The lowest BCUT2D eigenvalue weighted by atomic mass is 10.2. The average Bonchev–Trinajstić information content (AvgIpc) is 2.77. The van der Waals surface area contributed by atoms with E-state index < -0.39 is 12.0 Å². The lowest BCUT2D eigenvalue weighted by molar-refractivity contribution is -0.138. The molecule has 0 unspecified atom stereocenters. The summed E-state index contributed by atoms with van der Waals surface area (Å²) in [6.07, 6.45) is 1.87. The van der Waals surface area contributed by atoms with Crippen molar-refractivity contribution in [2.24, 2.45) is 5.73 Å². The number of aliphatic carboxylic acids is 1. The SMILES string of the molecule is Cc1ccccc1-n1cc(C[C@H](N)C(=O)O)nn1. The van der Waals surface area contributed by atoms with Crippen LogP contribution in [0.2, 0.25) is 0 Å². The van der Waals surface area contributed by atoms with E-state index in [2.05, 4.69) is 10.3 Å². The fourth-order valence-electron chi connectivity index (χ4n) is 1.64. The van der Waals surface area contributed by atoms with Crippen LogP contribution in [0.1, 0.15) is 11.3 Å². The quantitative estimate of drug-likeness (QED) is 0.820. The molecule has 0 bridgehead atoms. The predicted molar refractivity (Wildman–Crippen MR) is 65.4 cm³/mol. The van der Waals surface area contributed by atoms with Crippen molar-refractivity contribution in [2.75, 3.05) is 0 Å². The van der Waals surface area contributed by atoms with E-state index in [0.717, 1.165) is 11.3 Å². The van der Waals surface area contributed by atoms with Crippen LogP contribution in [0.5, 0.6) is 0 Å².